The molecule has 4 rings (SSSR count). The van der Waals surface area contributed by atoms with Crippen molar-refractivity contribution in [2.24, 2.45) is 5.16 Å². The zero-order valence-corrected chi connectivity index (χ0v) is 22.3. The average Bonchev–Trinajstić information content (AvgIpc) is 3.11. The standard InChI is InChI=1S/C31H40N4O3/c1-32-38-29(17-15-25-10-5-2-3-6-11-25)18-19-30(36)33-27-22-31(37)35(24-27)28-13-9-12-26(14-16-28)23-34-20-7-4-8-21-34/h2,5-6,9-14,16,18,27-28H,1,3-4,7-8,15,17,19-24H2,(H,33,36)/b29-18-. The molecule has 0 spiro atoms. The van der Waals surface area contributed by atoms with Crippen LogP contribution in [-0.2, 0) is 14.4 Å². The van der Waals surface area contributed by atoms with Crippen molar-refractivity contribution < 1.29 is 14.4 Å². The minimum Gasteiger partial charge on any atom is -0.362 e. The molecule has 2 saturated heterocycles. The summed E-state index contributed by atoms with van der Waals surface area (Å²) in [6.45, 7) is 7.17. The molecule has 2 aliphatic heterocycles. The van der Waals surface area contributed by atoms with Crippen LogP contribution in [0.15, 0.2) is 88.9 Å². The molecule has 2 fully saturated rings. The lowest BCUT2D eigenvalue weighted by Gasteiger charge is -2.26. The molecule has 0 bridgehead atoms. The van der Waals surface area contributed by atoms with Crippen molar-refractivity contribution in [1.29, 1.82) is 0 Å². The molecule has 202 valence electrons. The summed E-state index contributed by atoms with van der Waals surface area (Å²) in [5.74, 6) is 0.537. The number of hydrogen-bond donors (Lipinski definition) is 1. The van der Waals surface area contributed by atoms with Crippen LogP contribution in [0.25, 0.3) is 0 Å². The largest absolute Gasteiger partial charge is 0.362 e. The third-order valence-corrected chi connectivity index (χ3v) is 7.27. The first-order valence-corrected chi connectivity index (χ1v) is 13.8. The molecular formula is C31H40N4O3. The van der Waals surface area contributed by atoms with E-state index < -0.39 is 0 Å². The maximum Gasteiger partial charge on any atom is 0.225 e. The molecule has 1 N–H and O–H groups in total. The van der Waals surface area contributed by atoms with Crippen LogP contribution in [0.2, 0.25) is 0 Å². The fourth-order valence-corrected chi connectivity index (χ4v) is 5.26. The van der Waals surface area contributed by atoms with Gasteiger partial charge in [-0.05, 0) is 56.0 Å². The number of amides is 2. The topological polar surface area (TPSA) is 74.2 Å². The molecule has 7 nitrogen and oxygen atoms in total. The van der Waals surface area contributed by atoms with Gasteiger partial charge in [-0.25, -0.2) is 0 Å². The molecule has 0 aromatic carbocycles. The highest BCUT2D eigenvalue weighted by Crippen LogP contribution is 2.21. The van der Waals surface area contributed by atoms with Gasteiger partial charge in [0, 0.05) is 39.1 Å². The Bertz CT molecular complexity index is 1070. The van der Waals surface area contributed by atoms with Crippen molar-refractivity contribution in [3.8, 4) is 0 Å². The summed E-state index contributed by atoms with van der Waals surface area (Å²) in [5, 5.41) is 6.56. The quantitative estimate of drug-likeness (QED) is 0.245. The SMILES string of the molecule is C=NO/C(=C\CC(=O)NC1CC(=O)N(C2C=CC=C(CN3CCCCC3)C=C2)C1)CCC1=CC=CCC=C1. The van der Waals surface area contributed by atoms with Crippen LogP contribution in [0.5, 0.6) is 0 Å². The number of carbonyl (C=O) groups excluding carboxylic acids is 2. The highest BCUT2D eigenvalue weighted by atomic mass is 16.6. The number of piperidine rings is 1. The molecule has 2 aliphatic carbocycles. The molecule has 2 heterocycles. The van der Waals surface area contributed by atoms with Crippen molar-refractivity contribution in [3.05, 3.63) is 83.7 Å². The predicted octanol–water partition coefficient (Wildman–Crippen LogP) is 4.74. The molecule has 0 aromatic rings. The fraction of sp³-hybridized carbons (Fsp3) is 0.452. The maximum absolute atomic E-state index is 12.8. The smallest absolute Gasteiger partial charge is 0.225 e. The lowest BCUT2D eigenvalue weighted by molar-refractivity contribution is -0.128. The highest BCUT2D eigenvalue weighted by molar-refractivity contribution is 5.83. The van der Waals surface area contributed by atoms with E-state index in [9.17, 15) is 9.59 Å². The van der Waals surface area contributed by atoms with Crippen LogP contribution < -0.4 is 5.32 Å². The number of oxime groups is 1. The van der Waals surface area contributed by atoms with Crippen molar-refractivity contribution in [2.75, 3.05) is 26.2 Å². The second kappa shape index (κ2) is 14.5. The number of rotatable bonds is 11. The zero-order valence-electron chi connectivity index (χ0n) is 22.3. The second-order valence-corrected chi connectivity index (χ2v) is 10.2. The van der Waals surface area contributed by atoms with E-state index in [-0.39, 0.29) is 30.3 Å². The van der Waals surface area contributed by atoms with E-state index in [0.717, 1.165) is 32.5 Å². The van der Waals surface area contributed by atoms with E-state index in [1.807, 2.05) is 4.90 Å². The van der Waals surface area contributed by atoms with Gasteiger partial charge in [-0.1, -0.05) is 72.3 Å². The number of allylic oxidation sites excluding steroid dienone is 9. The molecule has 0 radical (unpaired) electrons. The number of nitrogens with zero attached hydrogens (tertiary/aromatic N) is 3. The Kier molecular flexibility index (Phi) is 10.5. The number of likely N-dealkylation sites (tertiary alicyclic amines) is 2. The first kappa shape index (κ1) is 27.6. The molecule has 38 heavy (non-hydrogen) atoms. The normalized spacial score (nSPS) is 24.1. The van der Waals surface area contributed by atoms with Gasteiger partial charge in [-0.15, -0.1) is 0 Å². The number of hydrogen-bond acceptors (Lipinski definition) is 5. The number of carbonyl (C=O) groups is 2. The van der Waals surface area contributed by atoms with E-state index in [1.54, 1.807) is 6.08 Å². The summed E-state index contributed by atoms with van der Waals surface area (Å²) in [5.41, 5.74) is 2.46. The molecule has 2 unspecified atom stereocenters. The van der Waals surface area contributed by atoms with E-state index in [4.69, 9.17) is 4.84 Å². The number of nitrogens with one attached hydrogen (secondary N) is 1. The van der Waals surface area contributed by atoms with Crippen molar-refractivity contribution in [2.45, 2.75) is 63.5 Å². The summed E-state index contributed by atoms with van der Waals surface area (Å²) >= 11 is 0. The Morgan fingerprint density at radius 3 is 2.79 bits per heavy atom. The molecule has 2 atom stereocenters. The van der Waals surface area contributed by atoms with Crippen LogP contribution in [0.1, 0.15) is 51.4 Å². The van der Waals surface area contributed by atoms with Crippen LogP contribution in [-0.4, -0.2) is 66.6 Å². The average molecular weight is 517 g/mol. The van der Waals surface area contributed by atoms with Crippen molar-refractivity contribution in [3.63, 3.8) is 0 Å². The van der Waals surface area contributed by atoms with Gasteiger partial charge >= 0.3 is 0 Å². The van der Waals surface area contributed by atoms with Crippen LogP contribution in [0.4, 0.5) is 0 Å². The van der Waals surface area contributed by atoms with Crippen LogP contribution >= 0.6 is 0 Å². The Hall–Kier alpha value is -3.45. The van der Waals surface area contributed by atoms with Gasteiger partial charge in [-0.3, -0.25) is 14.5 Å². The van der Waals surface area contributed by atoms with Gasteiger partial charge in [0.1, 0.15) is 5.76 Å². The van der Waals surface area contributed by atoms with E-state index in [0.29, 0.717) is 25.1 Å². The molecule has 2 amide bonds. The van der Waals surface area contributed by atoms with Gasteiger partial charge in [0.05, 0.1) is 12.1 Å². The Balaban J connectivity index is 1.25. The monoisotopic (exact) mass is 516 g/mol. The molecule has 4 aliphatic rings. The minimum absolute atomic E-state index is 0.0586. The first-order chi connectivity index (χ1) is 18.6. The highest BCUT2D eigenvalue weighted by Gasteiger charge is 2.33. The fourth-order valence-electron chi connectivity index (χ4n) is 5.26. The Morgan fingerprint density at radius 1 is 1.11 bits per heavy atom. The summed E-state index contributed by atoms with van der Waals surface area (Å²) in [7, 11) is 0. The van der Waals surface area contributed by atoms with Gasteiger partial charge < -0.3 is 15.1 Å². The van der Waals surface area contributed by atoms with Crippen LogP contribution in [0, 0.1) is 0 Å². The Labute approximate surface area is 226 Å². The summed E-state index contributed by atoms with van der Waals surface area (Å²) in [6.07, 6.45) is 29.4. The lowest BCUT2D eigenvalue weighted by Crippen LogP contribution is -2.39. The van der Waals surface area contributed by atoms with Gasteiger partial charge in [0.25, 0.3) is 0 Å². The maximum atomic E-state index is 12.8. The van der Waals surface area contributed by atoms with Gasteiger partial charge in [0.15, 0.2) is 0 Å². The van der Waals surface area contributed by atoms with Crippen molar-refractivity contribution >= 4 is 18.5 Å². The second-order valence-electron chi connectivity index (χ2n) is 10.2. The van der Waals surface area contributed by atoms with Gasteiger partial charge in [0.2, 0.25) is 11.8 Å². The van der Waals surface area contributed by atoms with Crippen LogP contribution in [0.3, 0.4) is 0 Å². The van der Waals surface area contributed by atoms with Crippen molar-refractivity contribution in [1.82, 2.24) is 15.1 Å². The first-order valence-electron chi connectivity index (χ1n) is 13.8. The molecular weight excluding hydrogens is 476 g/mol. The molecule has 0 aromatic heterocycles. The van der Waals surface area contributed by atoms with Gasteiger partial charge in [-0.2, -0.15) is 0 Å². The summed E-state index contributed by atoms with van der Waals surface area (Å²) in [4.78, 5) is 35.1. The summed E-state index contributed by atoms with van der Waals surface area (Å²) < 4.78 is 0. The lowest BCUT2D eigenvalue weighted by atomic mass is 10.1. The molecule has 0 saturated carbocycles. The van der Waals surface area contributed by atoms with E-state index in [1.165, 1.54) is 30.4 Å². The van der Waals surface area contributed by atoms with E-state index >= 15 is 0 Å². The minimum atomic E-state index is -0.204. The Morgan fingerprint density at radius 2 is 1.95 bits per heavy atom. The third kappa shape index (κ3) is 8.55. The molecule has 7 heteroatoms. The summed E-state index contributed by atoms with van der Waals surface area (Å²) in [6, 6.07) is -0.301. The third-order valence-electron chi connectivity index (χ3n) is 7.27. The predicted molar refractivity (Wildman–Crippen MR) is 152 cm³/mol. The zero-order chi connectivity index (χ0) is 26.6. The van der Waals surface area contributed by atoms with E-state index in [2.05, 4.69) is 82.9 Å².